The number of hydrogen-bond donors (Lipinski definition) is 2. The molecule has 1 saturated carbocycles. The molecular weight excluding hydrogens is 340 g/mol. The molecule has 1 fully saturated rings. The third-order valence-electron chi connectivity index (χ3n) is 4.40. The van der Waals surface area contributed by atoms with Gasteiger partial charge >= 0.3 is 6.03 Å². The van der Waals surface area contributed by atoms with E-state index in [2.05, 4.69) is 17.6 Å². The van der Waals surface area contributed by atoms with Crippen molar-refractivity contribution in [1.29, 1.82) is 0 Å². The number of carbonyl (C=O) groups is 2. The van der Waals surface area contributed by atoms with Crippen molar-refractivity contribution in [2.75, 3.05) is 30.9 Å². The maximum Gasteiger partial charge on any atom is 0.319 e. The second-order valence-corrected chi connectivity index (χ2v) is 8.60. The summed E-state index contributed by atoms with van der Waals surface area (Å²) in [4.78, 5) is 28.8. The number of anilines is 2. The van der Waals surface area contributed by atoms with E-state index in [1.807, 2.05) is 62.9 Å². The van der Waals surface area contributed by atoms with Crippen LogP contribution < -0.4 is 15.5 Å². The molecule has 6 heteroatoms. The molecule has 0 bridgehead atoms. The van der Waals surface area contributed by atoms with Crippen molar-refractivity contribution in [3.63, 3.8) is 0 Å². The van der Waals surface area contributed by atoms with Crippen molar-refractivity contribution < 1.29 is 9.59 Å². The topological polar surface area (TPSA) is 64.7 Å². The van der Waals surface area contributed by atoms with Crippen LogP contribution in [0.4, 0.5) is 16.2 Å². The van der Waals surface area contributed by atoms with Crippen LogP contribution in [0.15, 0.2) is 18.2 Å². The molecule has 0 radical (unpaired) electrons. The average Bonchev–Trinajstić information content (AvgIpc) is 3.36. The zero-order chi connectivity index (χ0) is 20.2. The lowest BCUT2D eigenvalue weighted by molar-refractivity contribution is -0.133. The Hall–Kier alpha value is -2.24. The van der Waals surface area contributed by atoms with Crippen LogP contribution in [0, 0.1) is 5.92 Å². The van der Waals surface area contributed by atoms with E-state index in [1.165, 1.54) is 0 Å². The molecule has 1 aliphatic carbocycles. The fourth-order valence-electron chi connectivity index (χ4n) is 3.06. The van der Waals surface area contributed by atoms with Crippen LogP contribution in [0.2, 0.25) is 0 Å². The largest absolute Gasteiger partial charge is 0.377 e. The van der Waals surface area contributed by atoms with Crippen molar-refractivity contribution in [1.82, 2.24) is 10.2 Å². The quantitative estimate of drug-likeness (QED) is 0.762. The van der Waals surface area contributed by atoms with Crippen LogP contribution in [0.25, 0.3) is 0 Å². The number of hydrogen-bond acceptors (Lipinski definition) is 3. The number of carbonyl (C=O) groups excluding carboxylic acids is 2. The summed E-state index contributed by atoms with van der Waals surface area (Å²) in [6, 6.07) is 5.63. The van der Waals surface area contributed by atoms with Gasteiger partial charge in [0.25, 0.3) is 0 Å². The molecule has 0 spiro atoms. The molecule has 0 aliphatic heterocycles. The summed E-state index contributed by atoms with van der Waals surface area (Å²) in [6.45, 7) is 9.24. The van der Waals surface area contributed by atoms with Gasteiger partial charge in [0.15, 0.2) is 0 Å². The fraction of sp³-hybridized carbons (Fsp3) is 0.619. The Bertz CT molecular complexity index is 675. The van der Waals surface area contributed by atoms with Crippen LogP contribution in [0.3, 0.4) is 0 Å². The molecule has 1 aromatic rings. The van der Waals surface area contributed by atoms with Crippen molar-refractivity contribution in [2.45, 2.75) is 59.0 Å². The van der Waals surface area contributed by atoms with Gasteiger partial charge in [-0.25, -0.2) is 4.79 Å². The van der Waals surface area contributed by atoms with Crippen molar-refractivity contribution in [2.24, 2.45) is 5.92 Å². The Morgan fingerprint density at radius 3 is 2.37 bits per heavy atom. The lowest BCUT2D eigenvalue weighted by atomic mass is 10.1. The minimum absolute atomic E-state index is 0.207. The second kappa shape index (κ2) is 8.63. The van der Waals surface area contributed by atoms with E-state index in [4.69, 9.17) is 0 Å². The smallest absolute Gasteiger partial charge is 0.319 e. The van der Waals surface area contributed by atoms with Crippen LogP contribution >= 0.6 is 0 Å². The van der Waals surface area contributed by atoms with Crippen molar-refractivity contribution >= 4 is 23.3 Å². The van der Waals surface area contributed by atoms with E-state index in [0.29, 0.717) is 6.54 Å². The molecule has 0 unspecified atom stereocenters. The highest BCUT2D eigenvalue weighted by atomic mass is 16.2. The first-order valence-corrected chi connectivity index (χ1v) is 9.79. The summed E-state index contributed by atoms with van der Waals surface area (Å²) >= 11 is 0. The molecule has 2 N–H and O–H groups in total. The average molecular weight is 375 g/mol. The van der Waals surface area contributed by atoms with Gasteiger partial charge in [-0.1, -0.05) is 6.92 Å². The maximum atomic E-state index is 12.6. The van der Waals surface area contributed by atoms with Crippen LogP contribution in [-0.4, -0.2) is 43.0 Å². The molecule has 2 rings (SSSR count). The summed E-state index contributed by atoms with van der Waals surface area (Å²) in [7, 11) is 3.98. The Morgan fingerprint density at radius 1 is 1.19 bits per heavy atom. The van der Waals surface area contributed by atoms with Crippen LogP contribution in [0.5, 0.6) is 0 Å². The molecule has 0 atom stereocenters. The highest BCUT2D eigenvalue weighted by Crippen LogP contribution is 2.32. The van der Waals surface area contributed by atoms with Gasteiger partial charge in [-0.3, -0.25) is 4.79 Å². The first kappa shape index (κ1) is 21.1. The molecule has 3 amide bonds. The van der Waals surface area contributed by atoms with E-state index in [-0.39, 0.29) is 23.4 Å². The second-order valence-electron chi connectivity index (χ2n) is 8.60. The fourth-order valence-corrected chi connectivity index (χ4v) is 3.06. The van der Waals surface area contributed by atoms with Gasteiger partial charge < -0.3 is 20.4 Å². The first-order chi connectivity index (χ1) is 12.6. The van der Waals surface area contributed by atoms with Gasteiger partial charge in [-0.2, -0.15) is 0 Å². The monoisotopic (exact) mass is 374 g/mol. The van der Waals surface area contributed by atoms with Gasteiger partial charge in [-0.15, -0.1) is 0 Å². The lowest BCUT2D eigenvalue weighted by Gasteiger charge is -2.26. The minimum Gasteiger partial charge on any atom is -0.377 e. The Kier molecular flexibility index (Phi) is 6.73. The van der Waals surface area contributed by atoms with Gasteiger partial charge in [0.05, 0.1) is 0 Å². The summed E-state index contributed by atoms with van der Waals surface area (Å²) in [5.74, 6) is 0.462. The number of urea groups is 1. The SMILES string of the molecule is CCCN(Cc1cc(NC(=O)NC(C)(C)C)ccc1N(C)C)C(=O)C1CC1. The number of nitrogens with zero attached hydrogens (tertiary/aromatic N) is 2. The molecule has 27 heavy (non-hydrogen) atoms. The normalized spacial score (nSPS) is 13.9. The summed E-state index contributed by atoms with van der Waals surface area (Å²) in [5.41, 5.74) is 2.52. The highest BCUT2D eigenvalue weighted by Gasteiger charge is 2.33. The van der Waals surface area contributed by atoms with E-state index in [9.17, 15) is 9.59 Å². The number of nitrogens with one attached hydrogen (secondary N) is 2. The van der Waals surface area contributed by atoms with Gasteiger partial charge in [0.2, 0.25) is 5.91 Å². The zero-order valence-electron chi connectivity index (χ0n) is 17.6. The zero-order valence-corrected chi connectivity index (χ0v) is 17.6. The lowest BCUT2D eigenvalue weighted by Crippen LogP contribution is -2.43. The van der Waals surface area contributed by atoms with E-state index < -0.39 is 0 Å². The summed E-state index contributed by atoms with van der Waals surface area (Å²) in [5, 5.41) is 5.80. The molecule has 1 aliphatic rings. The Morgan fingerprint density at radius 2 is 1.85 bits per heavy atom. The molecular formula is C21H34N4O2. The number of amides is 3. The van der Waals surface area contributed by atoms with Crippen molar-refractivity contribution in [3.8, 4) is 0 Å². The summed E-state index contributed by atoms with van der Waals surface area (Å²) < 4.78 is 0. The van der Waals surface area contributed by atoms with Gasteiger partial charge in [-0.05, 0) is 63.8 Å². The molecule has 6 nitrogen and oxygen atoms in total. The number of rotatable bonds is 7. The summed E-state index contributed by atoms with van der Waals surface area (Å²) in [6.07, 6.45) is 2.95. The minimum atomic E-state index is -0.300. The highest BCUT2D eigenvalue weighted by molar-refractivity contribution is 5.90. The Balaban J connectivity index is 2.21. The molecule has 150 valence electrons. The maximum absolute atomic E-state index is 12.6. The van der Waals surface area contributed by atoms with Gasteiger partial charge in [0, 0.05) is 50.0 Å². The predicted molar refractivity (Wildman–Crippen MR) is 111 cm³/mol. The van der Waals surface area contributed by atoms with Crippen molar-refractivity contribution in [3.05, 3.63) is 23.8 Å². The predicted octanol–water partition coefficient (Wildman–Crippen LogP) is 3.82. The standard InChI is InChI=1S/C21H34N4O2/c1-7-12-25(19(26)15-8-9-15)14-16-13-17(10-11-18(16)24(5)6)22-20(27)23-21(2,3)4/h10-11,13,15H,7-9,12,14H2,1-6H3,(H2,22,23,27). The first-order valence-electron chi connectivity index (χ1n) is 9.79. The third-order valence-corrected chi connectivity index (χ3v) is 4.40. The molecule has 1 aromatic carbocycles. The number of benzene rings is 1. The van der Waals surface area contributed by atoms with Crippen LogP contribution in [0.1, 0.15) is 52.5 Å². The molecule has 0 heterocycles. The van der Waals surface area contributed by atoms with Gasteiger partial charge in [0.1, 0.15) is 0 Å². The Labute approximate surface area is 163 Å². The molecule has 0 aromatic heterocycles. The molecule has 0 saturated heterocycles. The third kappa shape index (κ3) is 6.45. The van der Waals surface area contributed by atoms with E-state index in [0.717, 1.165) is 42.7 Å². The van der Waals surface area contributed by atoms with Crippen LogP contribution in [-0.2, 0) is 11.3 Å². The van der Waals surface area contributed by atoms with E-state index in [1.54, 1.807) is 0 Å². The van der Waals surface area contributed by atoms with E-state index >= 15 is 0 Å².